The van der Waals surface area contributed by atoms with Crippen molar-refractivity contribution in [3.05, 3.63) is 63.9 Å². The summed E-state index contributed by atoms with van der Waals surface area (Å²) in [6.45, 7) is 1.41. The lowest BCUT2D eigenvalue weighted by Gasteiger charge is -2.23. The molecule has 0 aliphatic carbocycles. The fourth-order valence-electron chi connectivity index (χ4n) is 2.41. The molecule has 0 aliphatic rings. The SMILES string of the molecule is C[C@@H](c1nc2ccccc2s1)N(C)C(=O)COC(=O)c1ccc(F)cc1Cl. The van der Waals surface area contributed by atoms with Crippen molar-refractivity contribution >= 4 is 45.0 Å². The minimum absolute atomic E-state index is 0.00717. The summed E-state index contributed by atoms with van der Waals surface area (Å²) in [4.78, 5) is 30.4. The molecule has 0 N–H and O–H groups in total. The lowest BCUT2D eigenvalue weighted by Crippen LogP contribution is -2.33. The number of likely N-dealkylation sites (N-methyl/N-ethyl adjacent to an activating group) is 1. The van der Waals surface area contributed by atoms with Crippen molar-refractivity contribution in [2.75, 3.05) is 13.7 Å². The van der Waals surface area contributed by atoms with Gasteiger partial charge in [0.25, 0.3) is 5.91 Å². The predicted octanol–water partition coefficient (Wildman–Crippen LogP) is 4.47. The first-order valence-corrected chi connectivity index (χ1v) is 9.29. The summed E-state index contributed by atoms with van der Waals surface area (Å²) < 4.78 is 19.1. The summed E-state index contributed by atoms with van der Waals surface area (Å²) >= 11 is 7.34. The third-order valence-corrected chi connectivity index (χ3v) is 5.64. The number of hydrogen-bond acceptors (Lipinski definition) is 5. The normalized spacial score (nSPS) is 12.0. The molecule has 8 heteroatoms. The summed E-state index contributed by atoms with van der Waals surface area (Å²) in [6.07, 6.45) is 0. The van der Waals surface area contributed by atoms with Crippen LogP contribution in [0.1, 0.15) is 28.3 Å². The molecule has 27 heavy (non-hydrogen) atoms. The predicted molar refractivity (Wildman–Crippen MR) is 102 cm³/mol. The molecule has 0 bridgehead atoms. The van der Waals surface area contributed by atoms with E-state index in [-0.39, 0.29) is 22.5 Å². The number of para-hydroxylation sites is 1. The van der Waals surface area contributed by atoms with E-state index < -0.39 is 18.4 Å². The second-order valence-electron chi connectivity index (χ2n) is 5.90. The molecule has 2 aromatic carbocycles. The van der Waals surface area contributed by atoms with Gasteiger partial charge in [-0.05, 0) is 37.3 Å². The third-order valence-electron chi connectivity index (χ3n) is 4.12. The number of ether oxygens (including phenoxy) is 1. The zero-order chi connectivity index (χ0) is 19.6. The molecule has 0 aliphatic heterocycles. The fourth-order valence-corrected chi connectivity index (χ4v) is 3.72. The van der Waals surface area contributed by atoms with Crippen molar-refractivity contribution in [2.24, 2.45) is 0 Å². The summed E-state index contributed by atoms with van der Waals surface area (Å²) in [6, 6.07) is 10.8. The van der Waals surface area contributed by atoms with Crippen LogP contribution in [0, 0.1) is 5.82 Å². The molecule has 1 atom stereocenters. The molecule has 0 radical (unpaired) electrons. The maximum Gasteiger partial charge on any atom is 0.340 e. The summed E-state index contributed by atoms with van der Waals surface area (Å²) in [5.41, 5.74) is 0.885. The highest BCUT2D eigenvalue weighted by Crippen LogP contribution is 2.28. The first-order chi connectivity index (χ1) is 12.9. The monoisotopic (exact) mass is 406 g/mol. The molecule has 1 amide bonds. The molecule has 3 aromatic rings. The van der Waals surface area contributed by atoms with Crippen molar-refractivity contribution in [3.63, 3.8) is 0 Å². The summed E-state index contributed by atoms with van der Waals surface area (Å²) in [7, 11) is 1.62. The number of benzene rings is 2. The number of esters is 1. The van der Waals surface area contributed by atoms with E-state index >= 15 is 0 Å². The van der Waals surface area contributed by atoms with Gasteiger partial charge in [0, 0.05) is 7.05 Å². The van der Waals surface area contributed by atoms with Crippen LogP contribution in [0.4, 0.5) is 4.39 Å². The zero-order valence-electron chi connectivity index (χ0n) is 14.6. The Morgan fingerprint density at radius 2 is 2.04 bits per heavy atom. The average molecular weight is 407 g/mol. The van der Waals surface area contributed by atoms with E-state index in [0.29, 0.717) is 0 Å². The van der Waals surface area contributed by atoms with Crippen LogP contribution in [0.15, 0.2) is 42.5 Å². The second kappa shape index (κ2) is 8.02. The lowest BCUT2D eigenvalue weighted by atomic mass is 10.2. The van der Waals surface area contributed by atoms with Crippen LogP contribution in [0.5, 0.6) is 0 Å². The highest BCUT2D eigenvalue weighted by atomic mass is 35.5. The first kappa shape index (κ1) is 19.3. The van der Waals surface area contributed by atoms with E-state index in [9.17, 15) is 14.0 Å². The van der Waals surface area contributed by atoms with Gasteiger partial charge in [0.05, 0.1) is 26.8 Å². The van der Waals surface area contributed by atoms with Crippen molar-refractivity contribution in [2.45, 2.75) is 13.0 Å². The van der Waals surface area contributed by atoms with Crippen LogP contribution < -0.4 is 0 Å². The van der Waals surface area contributed by atoms with Gasteiger partial charge in [0.2, 0.25) is 0 Å². The Labute approximate surface area is 164 Å². The number of rotatable bonds is 5. The molecular weight excluding hydrogens is 391 g/mol. The molecule has 0 spiro atoms. The molecule has 0 saturated carbocycles. The summed E-state index contributed by atoms with van der Waals surface area (Å²) in [5, 5.41) is 0.726. The van der Waals surface area contributed by atoms with Gasteiger partial charge >= 0.3 is 5.97 Å². The van der Waals surface area contributed by atoms with Crippen molar-refractivity contribution in [1.29, 1.82) is 0 Å². The highest BCUT2D eigenvalue weighted by molar-refractivity contribution is 7.18. The maximum atomic E-state index is 13.1. The van der Waals surface area contributed by atoms with Gasteiger partial charge in [0.1, 0.15) is 10.8 Å². The number of fused-ring (bicyclic) bond motifs is 1. The Balaban J connectivity index is 1.63. The standard InChI is InChI=1S/C19H16ClFN2O3S/c1-11(18-22-15-5-3-4-6-16(15)27-18)23(2)17(24)10-26-19(25)13-8-7-12(21)9-14(13)20/h3-9,11H,10H2,1-2H3/t11-/m0/s1. The van der Waals surface area contributed by atoms with Crippen LogP contribution in [0.25, 0.3) is 10.2 Å². The molecule has 1 heterocycles. The van der Waals surface area contributed by atoms with Crippen LogP contribution in [-0.2, 0) is 9.53 Å². The number of hydrogen-bond donors (Lipinski definition) is 0. The molecule has 0 fully saturated rings. The maximum absolute atomic E-state index is 13.1. The number of amides is 1. The summed E-state index contributed by atoms with van der Waals surface area (Å²) in [5.74, 6) is -1.72. The molecule has 3 rings (SSSR count). The van der Waals surface area contributed by atoms with Crippen molar-refractivity contribution in [1.82, 2.24) is 9.88 Å². The zero-order valence-corrected chi connectivity index (χ0v) is 16.2. The van der Waals surface area contributed by atoms with Gasteiger partial charge in [-0.25, -0.2) is 14.2 Å². The smallest absolute Gasteiger partial charge is 0.340 e. The average Bonchev–Trinajstić information content (AvgIpc) is 3.08. The topological polar surface area (TPSA) is 59.5 Å². The van der Waals surface area contributed by atoms with E-state index in [1.165, 1.54) is 22.3 Å². The molecular formula is C19H16ClFN2O3S. The van der Waals surface area contributed by atoms with E-state index in [1.807, 2.05) is 31.2 Å². The Bertz CT molecular complexity index is 975. The fraction of sp³-hybridized carbons (Fsp3) is 0.211. The quantitative estimate of drug-likeness (QED) is 0.587. The Morgan fingerprint density at radius 1 is 1.30 bits per heavy atom. The van der Waals surface area contributed by atoms with E-state index in [4.69, 9.17) is 16.3 Å². The van der Waals surface area contributed by atoms with Gasteiger partial charge in [-0.1, -0.05) is 23.7 Å². The Kier molecular flexibility index (Phi) is 5.72. The van der Waals surface area contributed by atoms with Crippen molar-refractivity contribution in [3.8, 4) is 0 Å². The second-order valence-corrected chi connectivity index (χ2v) is 7.37. The minimum atomic E-state index is -0.783. The largest absolute Gasteiger partial charge is 0.452 e. The van der Waals surface area contributed by atoms with E-state index in [2.05, 4.69) is 4.98 Å². The van der Waals surface area contributed by atoms with E-state index in [1.54, 1.807) is 7.05 Å². The first-order valence-electron chi connectivity index (χ1n) is 8.10. The van der Waals surface area contributed by atoms with Gasteiger partial charge in [-0.2, -0.15) is 0 Å². The van der Waals surface area contributed by atoms with Crippen molar-refractivity contribution < 1.29 is 18.7 Å². The van der Waals surface area contributed by atoms with Crippen LogP contribution >= 0.6 is 22.9 Å². The van der Waals surface area contributed by atoms with Gasteiger partial charge in [0.15, 0.2) is 6.61 Å². The molecule has 0 unspecified atom stereocenters. The number of nitrogens with zero attached hydrogens (tertiary/aromatic N) is 2. The van der Waals surface area contributed by atoms with Gasteiger partial charge in [-0.15, -0.1) is 11.3 Å². The Hall–Kier alpha value is -2.51. The van der Waals surface area contributed by atoms with Gasteiger partial charge in [-0.3, -0.25) is 4.79 Å². The van der Waals surface area contributed by atoms with Crippen LogP contribution in [-0.4, -0.2) is 35.4 Å². The van der Waals surface area contributed by atoms with Crippen LogP contribution in [0.2, 0.25) is 5.02 Å². The number of carbonyl (C=O) groups excluding carboxylic acids is 2. The lowest BCUT2D eigenvalue weighted by molar-refractivity contribution is -0.135. The minimum Gasteiger partial charge on any atom is -0.452 e. The number of aromatic nitrogens is 1. The molecule has 1 aromatic heterocycles. The molecule has 5 nitrogen and oxygen atoms in total. The number of carbonyl (C=O) groups is 2. The van der Waals surface area contributed by atoms with E-state index in [0.717, 1.165) is 27.4 Å². The molecule has 0 saturated heterocycles. The molecule has 140 valence electrons. The third kappa shape index (κ3) is 4.26. The Morgan fingerprint density at radius 3 is 2.74 bits per heavy atom. The highest BCUT2D eigenvalue weighted by Gasteiger charge is 2.22. The van der Waals surface area contributed by atoms with Crippen LogP contribution in [0.3, 0.4) is 0 Å². The van der Waals surface area contributed by atoms with Gasteiger partial charge < -0.3 is 9.64 Å². The number of thiazole rings is 1. The number of halogens is 2.